The van der Waals surface area contributed by atoms with E-state index >= 15 is 0 Å². The standard InChI is InChI=1S/C60H43N7/c61-57(63-58(43-25-11-3-12-26-43)62-40-41-21-7-1-8-22-41)46-37-45(42-23-9-2-10-24-42)38-49(39-46)65-53-34-20-19-33-50(53)51-35-36-52-55(54(51)65)66(47-29-15-5-16-30-47)60-56(52)67(48-31-17-6-18-32-48)59(64-60)44-27-13-4-14-28-44/h1-39H,40H2,(H2,61,62,63). The van der Waals surface area contributed by atoms with E-state index in [4.69, 9.17) is 20.7 Å². The van der Waals surface area contributed by atoms with Gasteiger partial charge in [0.25, 0.3) is 0 Å². The molecule has 9 aromatic carbocycles. The number of benzene rings is 9. The van der Waals surface area contributed by atoms with E-state index in [2.05, 4.69) is 190 Å². The third-order valence-electron chi connectivity index (χ3n) is 12.5. The SMILES string of the molecule is NC(=NC(=NCc1ccccc1)c1ccccc1)c1cc(-c2ccccc2)cc(-n2c3ccccc3c3ccc4c5c(nc(-c6ccccc6)n5-c5ccccc5)n(-c5ccccc5)c4c32)c1. The lowest BCUT2D eigenvalue weighted by Gasteiger charge is -2.15. The van der Waals surface area contributed by atoms with Crippen LogP contribution in [0.1, 0.15) is 16.7 Å². The average molecular weight is 862 g/mol. The molecule has 0 saturated heterocycles. The lowest BCUT2D eigenvalue weighted by molar-refractivity contribution is 1.06. The van der Waals surface area contributed by atoms with E-state index in [0.29, 0.717) is 18.2 Å². The van der Waals surface area contributed by atoms with Gasteiger partial charge in [-0.2, -0.15) is 0 Å². The van der Waals surface area contributed by atoms with E-state index in [0.717, 1.165) is 100 Å². The minimum absolute atomic E-state index is 0.369. The lowest BCUT2D eigenvalue weighted by Crippen LogP contribution is -2.17. The molecular weight excluding hydrogens is 819 g/mol. The van der Waals surface area contributed by atoms with E-state index in [1.54, 1.807) is 0 Å². The number of imidazole rings is 1. The maximum atomic E-state index is 7.20. The monoisotopic (exact) mass is 861 g/mol. The van der Waals surface area contributed by atoms with Crippen molar-refractivity contribution >= 4 is 55.5 Å². The van der Waals surface area contributed by atoms with Crippen LogP contribution in [0, 0.1) is 0 Å². The molecule has 0 spiro atoms. The van der Waals surface area contributed by atoms with Crippen LogP contribution in [-0.2, 0) is 6.54 Å². The second kappa shape index (κ2) is 16.8. The van der Waals surface area contributed by atoms with E-state index in [1.807, 2.05) is 60.7 Å². The first-order chi connectivity index (χ1) is 33.2. The normalized spacial score (nSPS) is 12.2. The average Bonchev–Trinajstić information content (AvgIpc) is 4.06. The van der Waals surface area contributed by atoms with Gasteiger partial charge in [-0.25, -0.2) is 9.98 Å². The summed E-state index contributed by atoms with van der Waals surface area (Å²) in [7, 11) is 0. The summed E-state index contributed by atoms with van der Waals surface area (Å²) in [5.41, 5.74) is 21.2. The lowest BCUT2D eigenvalue weighted by atomic mass is 10.0. The maximum Gasteiger partial charge on any atom is 0.165 e. The van der Waals surface area contributed by atoms with Gasteiger partial charge < -0.3 is 10.3 Å². The van der Waals surface area contributed by atoms with Crippen LogP contribution in [0.2, 0.25) is 0 Å². The first kappa shape index (κ1) is 39.5. The second-order valence-electron chi connectivity index (χ2n) is 16.6. The van der Waals surface area contributed by atoms with Gasteiger partial charge in [-0.05, 0) is 71.3 Å². The molecule has 0 saturated carbocycles. The van der Waals surface area contributed by atoms with Crippen molar-refractivity contribution in [2.75, 3.05) is 0 Å². The van der Waals surface area contributed by atoms with Crippen molar-refractivity contribution in [3.63, 3.8) is 0 Å². The Kier molecular flexibility index (Phi) is 9.91. The highest BCUT2D eigenvalue weighted by Gasteiger charge is 2.27. The molecule has 67 heavy (non-hydrogen) atoms. The number of fused-ring (bicyclic) bond motifs is 7. The number of nitrogens with two attached hydrogens (primary N) is 1. The predicted octanol–water partition coefficient (Wildman–Crippen LogP) is 13.8. The van der Waals surface area contributed by atoms with Gasteiger partial charge in [-0.1, -0.05) is 182 Å². The molecule has 7 heteroatoms. The van der Waals surface area contributed by atoms with Crippen LogP contribution in [0.5, 0.6) is 0 Å². The van der Waals surface area contributed by atoms with Gasteiger partial charge >= 0.3 is 0 Å². The van der Waals surface area contributed by atoms with E-state index < -0.39 is 0 Å². The Balaban J connectivity index is 1.17. The van der Waals surface area contributed by atoms with Crippen LogP contribution < -0.4 is 5.73 Å². The summed E-state index contributed by atoms with van der Waals surface area (Å²) in [5, 5.41) is 3.35. The molecule has 0 amide bonds. The highest BCUT2D eigenvalue weighted by atomic mass is 15.2. The van der Waals surface area contributed by atoms with Crippen LogP contribution >= 0.6 is 0 Å². The van der Waals surface area contributed by atoms with Crippen LogP contribution in [0.4, 0.5) is 0 Å². The van der Waals surface area contributed by atoms with Crippen LogP contribution in [0.25, 0.3) is 83.4 Å². The summed E-state index contributed by atoms with van der Waals surface area (Å²) in [5.74, 6) is 1.82. The third kappa shape index (κ3) is 7.06. The Morgan fingerprint density at radius 1 is 0.418 bits per heavy atom. The quantitative estimate of drug-likeness (QED) is 0.116. The fraction of sp³-hybridized carbons (Fsp3) is 0.0167. The van der Waals surface area contributed by atoms with Crippen molar-refractivity contribution in [1.29, 1.82) is 0 Å². The first-order valence-corrected chi connectivity index (χ1v) is 22.5. The molecule has 318 valence electrons. The molecule has 0 aliphatic heterocycles. The number of aromatic nitrogens is 4. The summed E-state index contributed by atoms with van der Waals surface area (Å²) in [6.45, 7) is 0.470. The highest BCUT2D eigenvalue weighted by molar-refractivity contribution is 6.23. The van der Waals surface area contributed by atoms with Gasteiger partial charge in [0.1, 0.15) is 17.2 Å². The van der Waals surface area contributed by atoms with Gasteiger partial charge in [-0.15, -0.1) is 0 Å². The minimum atomic E-state index is 0.369. The molecule has 3 aromatic heterocycles. The number of nitrogens with zero attached hydrogens (tertiary/aromatic N) is 6. The zero-order chi connectivity index (χ0) is 44.7. The van der Waals surface area contributed by atoms with Crippen molar-refractivity contribution in [1.82, 2.24) is 18.7 Å². The van der Waals surface area contributed by atoms with Gasteiger partial charge in [0.15, 0.2) is 11.5 Å². The highest BCUT2D eigenvalue weighted by Crippen LogP contribution is 2.44. The van der Waals surface area contributed by atoms with E-state index in [9.17, 15) is 0 Å². The van der Waals surface area contributed by atoms with Gasteiger partial charge in [0.2, 0.25) is 0 Å². The largest absolute Gasteiger partial charge is 0.383 e. The Bertz CT molecular complexity index is 3800. The van der Waals surface area contributed by atoms with Crippen molar-refractivity contribution in [3.05, 3.63) is 253 Å². The topological polar surface area (TPSA) is 78.4 Å². The Morgan fingerprint density at radius 2 is 0.970 bits per heavy atom. The predicted molar refractivity (Wildman–Crippen MR) is 277 cm³/mol. The van der Waals surface area contributed by atoms with Crippen molar-refractivity contribution in [3.8, 4) is 39.6 Å². The first-order valence-electron chi connectivity index (χ1n) is 22.5. The molecule has 12 rings (SSSR count). The number of rotatable bonds is 9. The summed E-state index contributed by atoms with van der Waals surface area (Å²) >= 11 is 0. The zero-order valence-corrected chi connectivity index (χ0v) is 36.5. The number of amidine groups is 2. The molecule has 2 N–H and O–H groups in total. The number of hydrogen-bond acceptors (Lipinski definition) is 2. The Labute approximate surface area is 387 Å². The molecule has 0 aliphatic carbocycles. The van der Waals surface area contributed by atoms with Crippen LogP contribution in [0.15, 0.2) is 247 Å². The molecule has 0 atom stereocenters. The van der Waals surface area contributed by atoms with Crippen LogP contribution in [0.3, 0.4) is 0 Å². The molecule has 0 radical (unpaired) electrons. The molecule has 12 aromatic rings. The van der Waals surface area contributed by atoms with Gasteiger partial charge in [-0.3, -0.25) is 14.1 Å². The maximum absolute atomic E-state index is 7.20. The molecule has 7 nitrogen and oxygen atoms in total. The van der Waals surface area contributed by atoms with Gasteiger partial charge in [0, 0.05) is 49.9 Å². The molecule has 0 fully saturated rings. The second-order valence-corrected chi connectivity index (χ2v) is 16.6. The number of para-hydroxylation sites is 3. The zero-order valence-electron chi connectivity index (χ0n) is 36.5. The fourth-order valence-corrected chi connectivity index (χ4v) is 9.47. The summed E-state index contributed by atoms with van der Waals surface area (Å²) < 4.78 is 7.07. The Hall–Kier alpha value is -9.07. The minimum Gasteiger partial charge on any atom is -0.383 e. The summed E-state index contributed by atoms with van der Waals surface area (Å²) in [6, 6.07) is 82.2. The van der Waals surface area contributed by atoms with E-state index in [1.165, 1.54) is 0 Å². The van der Waals surface area contributed by atoms with Crippen LogP contribution in [-0.4, -0.2) is 30.4 Å². The van der Waals surface area contributed by atoms with Crippen molar-refractivity contribution in [2.45, 2.75) is 6.54 Å². The molecule has 3 heterocycles. The molecule has 0 unspecified atom stereocenters. The molecule has 0 bridgehead atoms. The van der Waals surface area contributed by atoms with Crippen molar-refractivity contribution in [2.24, 2.45) is 15.7 Å². The fourth-order valence-electron chi connectivity index (χ4n) is 9.47. The third-order valence-corrected chi connectivity index (χ3v) is 12.5. The Morgan fingerprint density at radius 3 is 1.66 bits per heavy atom. The summed E-state index contributed by atoms with van der Waals surface area (Å²) in [6.07, 6.45) is 0. The number of aliphatic imine (C=N–C) groups is 2. The smallest absolute Gasteiger partial charge is 0.165 e. The number of hydrogen-bond donors (Lipinski definition) is 1. The molecular formula is C60H43N7. The molecule has 0 aliphatic rings. The summed E-state index contributed by atoms with van der Waals surface area (Å²) in [4.78, 5) is 15.8. The van der Waals surface area contributed by atoms with Crippen molar-refractivity contribution < 1.29 is 0 Å². The van der Waals surface area contributed by atoms with E-state index in [-0.39, 0.29) is 0 Å². The van der Waals surface area contributed by atoms with Gasteiger partial charge in [0.05, 0.1) is 23.1 Å².